The smallest absolute Gasteiger partial charge is 0.237 e. The normalized spacial score (nSPS) is 11.6. The van der Waals surface area contributed by atoms with E-state index in [0.717, 1.165) is 0 Å². The Morgan fingerprint density at radius 1 is 1.40 bits per heavy atom. The summed E-state index contributed by atoms with van der Waals surface area (Å²) >= 11 is 5.59. The molecule has 0 spiro atoms. The highest BCUT2D eigenvalue weighted by atomic mass is 35.5. The van der Waals surface area contributed by atoms with Crippen LogP contribution in [0.4, 0.5) is 5.69 Å². The minimum Gasteiger partial charge on any atom is -0.494 e. The van der Waals surface area contributed by atoms with Gasteiger partial charge < -0.3 is 15.4 Å². The molecular formula is C14H19ClN2O3. The van der Waals surface area contributed by atoms with Gasteiger partial charge >= 0.3 is 0 Å². The quantitative estimate of drug-likeness (QED) is 0.758. The Balaban J connectivity index is 2.38. The van der Waals surface area contributed by atoms with E-state index in [1.807, 2.05) is 13.0 Å². The summed E-state index contributed by atoms with van der Waals surface area (Å²) in [5.41, 5.74) is 0.665. The SMILES string of the molecule is CCOc1cccc(NC(=O)CCNC(=O)C(C)Cl)c1. The minimum atomic E-state index is -0.596. The van der Waals surface area contributed by atoms with Gasteiger partial charge in [0.05, 0.1) is 6.61 Å². The molecule has 1 aromatic rings. The Morgan fingerprint density at radius 3 is 2.80 bits per heavy atom. The zero-order valence-electron chi connectivity index (χ0n) is 11.6. The largest absolute Gasteiger partial charge is 0.494 e. The number of carbonyl (C=O) groups is 2. The molecule has 1 unspecified atom stereocenters. The van der Waals surface area contributed by atoms with Crippen LogP contribution < -0.4 is 15.4 Å². The summed E-state index contributed by atoms with van der Waals surface area (Å²) in [6.45, 7) is 4.30. The van der Waals surface area contributed by atoms with Crippen molar-refractivity contribution in [3.63, 3.8) is 0 Å². The molecule has 20 heavy (non-hydrogen) atoms. The maximum Gasteiger partial charge on any atom is 0.237 e. The van der Waals surface area contributed by atoms with Crippen molar-refractivity contribution < 1.29 is 14.3 Å². The van der Waals surface area contributed by atoms with Crippen LogP contribution in [0.1, 0.15) is 20.3 Å². The second-order valence-electron chi connectivity index (χ2n) is 4.17. The number of hydrogen-bond donors (Lipinski definition) is 2. The van der Waals surface area contributed by atoms with Crippen LogP contribution in [0.25, 0.3) is 0 Å². The highest BCUT2D eigenvalue weighted by Crippen LogP contribution is 2.17. The number of anilines is 1. The number of rotatable bonds is 7. The molecule has 1 rings (SSSR count). The molecule has 0 aromatic heterocycles. The molecule has 1 aromatic carbocycles. The Kier molecular flexibility index (Phi) is 6.87. The topological polar surface area (TPSA) is 67.4 Å². The molecule has 0 heterocycles. The van der Waals surface area contributed by atoms with Gasteiger partial charge in [0, 0.05) is 24.7 Å². The zero-order chi connectivity index (χ0) is 15.0. The molecule has 0 bridgehead atoms. The van der Waals surface area contributed by atoms with Gasteiger partial charge in [-0.15, -0.1) is 11.6 Å². The fourth-order valence-electron chi connectivity index (χ4n) is 1.49. The first kappa shape index (κ1) is 16.3. The highest BCUT2D eigenvalue weighted by Gasteiger charge is 2.09. The molecular weight excluding hydrogens is 280 g/mol. The lowest BCUT2D eigenvalue weighted by atomic mass is 10.3. The molecule has 0 fully saturated rings. The van der Waals surface area contributed by atoms with Gasteiger partial charge in [-0.1, -0.05) is 6.07 Å². The fraction of sp³-hybridized carbons (Fsp3) is 0.429. The van der Waals surface area contributed by atoms with E-state index < -0.39 is 5.38 Å². The van der Waals surface area contributed by atoms with Crippen molar-refractivity contribution in [1.82, 2.24) is 5.32 Å². The van der Waals surface area contributed by atoms with E-state index in [4.69, 9.17) is 16.3 Å². The number of halogens is 1. The van der Waals surface area contributed by atoms with Crippen LogP contribution in [0.2, 0.25) is 0 Å². The number of amides is 2. The average Bonchev–Trinajstić information content (AvgIpc) is 2.39. The van der Waals surface area contributed by atoms with E-state index >= 15 is 0 Å². The predicted molar refractivity (Wildman–Crippen MR) is 79.2 cm³/mol. The second kappa shape index (κ2) is 8.43. The molecule has 0 radical (unpaired) electrons. The molecule has 0 saturated carbocycles. The standard InChI is InChI=1S/C14H19ClN2O3/c1-3-20-12-6-4-5-11(9-12)17-13(18)7-8-16-14(19)10(2)15/h4-6,9-10H,3,7-8H2,1-2H3,(H,16,19)(H,17,18). The van der Waals surface area contributed by atoms with Gasteiger partial charge in [-0.25, -0.2) is 0 Å². The lowest BCUT2D eigenvalue weighted by Crippen LogP contribution is -2.32. The van der Waals surface area contributed by atoms with Crippen LogP contribution in [0.5, 0.6) is 5.75 Å². The molecule has 2 N–H and O–H groups in total. The van der Waals surface area contributed by atoms with Crippen molar-refractivity contribution in [2.24, 2.45) is 0 Å². The van der Waals surface area contributed by atoms with E-state index in [2.05, 4.69) is 10.6 Å². The van der Waals surface area contributed by atoms with Crippen molar-refractivity contribution in [2.75, 3.05) is 18.5 Å². The van der Waals surface area contributed by atoms with E-state index in [1.54, 1.807) is 25.1 Å². The van der Waals surface area contributed by atoms with Gasteiger partial charge in [-0.05, 0) is 26.0 Å². The monoisotopic (exact) mass is 298 g/mol. The van der Waals surface area contributed by atoms with Crippen molar-refractivity contribution in [3.05, 3.63) is 24.3 Å². The molecule has 0 aliphatic rings. The van der Waals surface area contributed by atoms with Gasteiger partial charge in [-0.2, -0.15) is 0 Å². The number of alkyl halides is 1. The van der Waals surface area contributed by atoms with Crippen LogP contribution in [0.3, 0.4) is 0 Å². The van der Waals surface area contributed by atoms with Crippen molar-refractivity contribution in [3.8, 4) is 5.75 Å². The van der Waals surface area contributed by atoms with Crippen LogP contribution in [-0.2, 0) is 9.59 Å². The molecule has 5 nitrogen and oxygen atoms in total. The molecule has 110 valence electrons. The molecule has 2 amide bonds. The third kappa shape index (κ3) is 5.93. The maximum atomic E-state index is 11.7. The number of nitrogens with one attached hydrogen (secondary N) is 2. The van der Waals surface area contributed by atoms with Crippen molar-refractivity contribution >= 4 is 29.1 Å². The van der Waals surface area contributed by atoms with Gasteiger partial charge in [0.2, 0.25) is 11.8 Å². The van der Waals surface area contributed by atoms with E-state index in [0.29, 0.717) is 18.0 Å². The predicted octanol–water partition coefficient (Wildman–Crippen LogP) is 2.16. The molecule has 0 aliphatic heterocycles. The molecule has 0 aliphatic carbocycles. The lowest BCUT2D eigenvalue weighted by molar-refractivity contribution is -0.120. The van der Waals surface area contributed by atoms with Gasteiger partial charge in [-0.3, -0.25) is 9.59 Å². The van der Waals surface area contributed by atoms with Crippen LogP contribution in [0, 0.1) is 0 Å². The molecule has 0 saturated heterocycles. The fourth-order valence-corrected chi connectivity index (χ4v) is 1.57. The van der Waals surface area contributed by atoms with E-state index in [1.165, 1.54) is 0 Å². The summed E-state index contributed by atoms with van der Waals surface area (Å²) < 4.78 is 5.34. The summed E-state index contributed by atoms with van der Waals surface area (Å²) in [7, 11) is 0. The first-order valence-electron chi connectivity index (χ1n) is 6.47. The highest BCUT2D eigenvalue weighted by molar-refractivity contribution is 6.30. The Hall–Kier alpha value is -1.75. The Labute approximate surface area is 123 Å². The van der Waals surface area contributed by atoms with Crippen LogP contribution in [-0.4, -0.2) is 30.3 Å². The summed E-state index contributed by atoms with van der Waals surface area (Å²) in [6.07, 6.45) is 0.189. The van der Waals surface area contributed by atoms with Crippen molar-refractivity contribution in [2.45, 2.75) is 25.6 Å². The second-order valence-corrected chi connectivity index (χ2v) is 4.82. The Bertz CT molecular complexity index is 463. The van der Waals surface area contributed by atoms with Gasteiger partial charge in [0.15, 0.2) is 0 Å². The zero-order valence-corrected chi connectivity index (χ0v) is 12.4. The summed E-state index contributed by atoms with van der Waals surface area (Å²) in [5, 5.41) is 4.72. The number of ether oxygens (including phenoxy) is 1. The summed E-state index contributed by atoms with van der Waals surface area (Å²) in [4.78, 5) is 22.9. The third-order valence-corrected chi connectivity index (χ3v) is 2.64. The van der Waals surface area contributed by atoms with E-state index in [9.17, 15) is 9.59 Å². The van der Waals surface area contributed by atoms with Gasteiger partial charge in [0.1, 0.15) is 11.1 Å². The number of hydrogen-bond acceptors (Lipinski definition) is 3. The number of benzene rings is 1. The van der Waals surface area contributed by atoms with E-state index in [-0.39, 0.29) is 24.8 Å². The Morgan fingerprint density at radius 2 is 2.15 bits per heavy atom. The van der Waals surface area contributed by atoms with Gasteiger partial charge in [0.25, 0.3) is 0 Å². The average molecular weight is 299 g/mol. The number of carbonyl (C=O) groups excluding carboxylic acids is 2. The molecule has 6 heteroatoms. The first-order chi connectivity index (χ1) is 9.52. The summed E-state index contributed by atoms with van der Waals surface area (Å²) in [6, 6.07) is 7.15. The third-order valence-electron chi connectivity index (χ3n) is 2.44. The maximum absolute atomic E-state index is 11.7. The van der Waals surface area contributed by atoms with Crippen LogP contribution in [0.15, 0.2) is 24.3 Å². The minimum absolute atomic E-state index is 0.179. The lowest BCUT2D eigenvalue weighted by Gasteiger charge is -2.09. The first-order valence-corrected chi connectivity index (χ1v) is 6.91. The molecule has 1 atom stereocenters. The summed E-state index contributed by atoms with van der Waals surface area (Å²) in [5.74, 6) is 0.244. The van der Waals surface area contributed by atoms with Crippen LogP contribution >= 0.6 is 11.6 Å². The van der Waals surface area contributed by atoms with Crippen molar-refractivity contribution in [1.29, 1.82) is 0 Å².